The molecule has 3 heteroatoms. The average Bonchev–Trinajstić information content (AvgIpc) is 2.39. The fourth-order valence-electron chi connectivity index (χ4n) is 1.86. The highest BCUT2D eigenvalue weighted by molar-refractivity contribution is 5.61. The predicted octanol–water partition coefficient (Wildman–Crippen LogP) is 2.62. The summed E-state index contributed by atoms with van der Waals surface area (Å²) in [6.45, 7) is 2.59. The SMILES string of the molecule is Cc1cc(CN)cnc1N(C)c1ccccc1. The first kappa shape index (κ1) is 11.6. The van der Waals surface area contributed by atoms with Gasteiger partial charge in [-0.05, 0) is 36.2 Å². The number of nitrogens with zero attached hydrogens (tertiary/aromatic N) is 2. The Morgan fingerprint density at radius 2 is 1.94 bits per heavy atom. The summed E-state index contributed by atoms with van der Waals surface area (Å²) in [6, 6.07) is 12.3. The van der Waals surface area contributed by atoms with E-state index in [-0.39, 0.29) is 0 Å². The number of para-hydroxylation sites is 1. The van der Waals surface area contributed by atoms with Crippen molar-refractivity contribution >= 4 is 11.5 Å². The molecule has 17 heavy (non-hydrogen) atoms. The lowest BCUT2D eigenvalue weighted by atomic mass is 10.2. The summed E-state index contributed by atoms with van der Waals surface area (Å²) < 4.78 is 0. The summed E-state index contributed by atoms with van der Waals surface area (Å²) >= 11 is 0. The molecule has 0 bridgehead atoms. The van der Waals surface area contributed by atoms with Gasteiger partial charge in [0, 0.05) is 25.5 Å². The number of hydrogen-bond acceptors (Lipinski definition) is 3. The largest absolute Gasteiger partial charge is 0.329 e. The van der Waals surface area contributed by atoms with Crippen LogP contribution in [0.25, 0.3) is 0 Å². The maximum absolute atomic E-state index is 5.60. The Bertz CT molecular complexity index is 494. The molecule has 1 aromatic heterocycles. The zero-order chi connectivity index (χ0) is 12.3. The monoisotopic (exact) mass is 227 g/mol. The lowest BCUT2D eigenvalue weighted by Crippen LogP contribution is -2.13. The second-order valence-corrected chi connectivity index (χ2v) is 4.08. The highest BCUT2D eigenvalue weighted by atomic mass is 15.2. The molecule has 0 fully saturated rings. The third-order valence-corrected chi connectivity index (χ3v) is 2.80. The van der Waals surface area contributed by atoms with Crippen LogP contribution in [0.3, 0.4) is 0 Å². The van der Waals surface area contributed by atoms with Crippen LogP contribution in [0, 0.1) is 6.92 Å². The number of aromatic nitrogens is 1. The molecule has 1 aromatic carbocycles. The molecule has 3 nitrogen and oxygen atoms in total. The summed E-state index contributed by atoms with van der Waals surface area (Å²) in [6.07, 6.45) is 1.84. The number of hydrogen-bond donors (Lipinski definition) is 1. The van der Waals surface area contributed by atoms with Crippen molar-refractivity contribution in [1.82, 2.24) is 4.98 Å². The van der Waals surface area contributed by atoms with E-state index in [9.17, 15) is 0 Å². The lowest BCUT2D eigenvalue weighted by Gasteiger charge is -2.20. The molecular formula is C14H17N3. The predicted molar refractivity (Wildman–Crippen MR) is 71.4 cm³/mol. The molecule has 0 unspecified atom stereocenters. The van der Waals surface area contributed by atoms with E-state index >= 15 is 0 Å². The fourth-order valence-corrected chi connectivity index (χ4v) is 1.86. The van der Waals surface area contributed by atoms with Crippen molar-refractivity contribution in [2.45, 2.75) is 13.5 Å². The van der Waals surface area contributed by atoms with Crippen LogP contribution in [-0.2, 0) is 6.54 Å². The average molecular weight is 227 g/mol. The van der Waals surface area contributed by atoms with Crippen LogP contribution in [0.4, 0.5) is 11.5 Å². The Morgan fingerprint density at radius 1 is 1.24 bits per heavy atom. The van der Waals surface area contributed by atoms with Crippen LogP contribution in [0.1, 0.15) is 11.1 Å². The molecule has 0 saturated heterocycles. The molecule has 0 saturated carbocycles. The van der Waals surface area contributed by atoms with Crippen molar-refractivity contribution in [1.29, 1.82) is 0 Å². The number of benzene rings is 1. The molecular weight excluding hydrogens is 210 g/mol. The molecule has 2 N–H and O–H groups in total. The molecule has 88 valence electrons. The number of pyridine rings is 1. The zero-order valence-corrected chi connectivity index (χ0v) is 10.2. The van der Waals surface area contributed by atoms with E-state index < -0.39 is 0 Å². The molecule has 2 rings (SSSR count). The van der Waals surface area contributed by atoms with Crippen LogP contribution in [0.15, 0.2) is 42.6 Å². The molecule has 1 heterocycles. The van der Waals surface area contributed by atoms with E-state index in [1.54, 1.807) is 0 Å². The van der Waals surface area contributed by atoms with Gasteiger partial charge in [-0.1, -0.05) is 18.2 Å². The van der Waals surface area contributed by atoms with E-state index in [1.807, 2.05) is 31.4 Å². The van der Waals surface area contributed by atoms with Crippen molar-refractivity contribution in [3.63, 3.8) is 0 Å². The topological polar surface area (TPSA) is 42.1 Å². The highest BCUT2D eigenvalue weighted by Crippen LogP contribution is 2.24. The molecule has 0 spiro atoms. The van der Waals surface area contributed by atoms with Crippen molar-refractivity contribution in [3.05, 3.63) is 53.7 Å². The Kier molecular flexibility index (Phi) is 3.40. The zero-order valence-electron chi connectivity index (χ0n) is 10.2. The minimum absolute atomic E-state index is 0.531. The summed E-state index contributed by atoms with van der Waals surface area (Å²) in [4.78, 5) is 6.55. The van der Waals surface area contributed by atoms with Gasteiger partial charge in [-0.25, -0.2) is 4.98 Å². The third kappa shape index (κ3) is 2.45. The van der Waals surface area contributed by atoms with E-state index in [0.29, 0.717) is 6.54 Å². The third-order valence-electron chi connectivity index (χ3n) is 2.80. The Morgan fingerprint density at radius 3 is 2.53 bits per heavy atom. The maximum Gasteiger partial charge on any atom is 0.135 e. The Hall–Kier alpha value is -1.87. The number of nitrogens with two attached hydrogens (primary N) is 1. The lowest BCUT2D eigenvalue weighted by molar-refractivity contribution is 1.02. The summed E-state index contributed by atoms with van der Waals surface area (Å²) in [5.74, 6) is 0.966. The molecule has 0 radical (unpaired) electrons. The normalized spacial score (nSPS) is 10.3. The summed E-state index contributed by atoms with van der Waals surface area (Å²) in [5.41, 5.74) is 8.93. The second-order valence-electron chi connectivity index (χ2n) is 4.08. The molecule has 0 aliphatic carbocycles. The van der Waals surface area contributed by atoms with E-state index in [2.05, 4.69) is 35.0 Å². The molecule has 0 atom stereocenters. The van der Waals surface area contributed by atoms with Gasteiger partial charge < -0.3 is 10.6 Å². The summed E-state index contributed by atoms with van der Waals surface area (Å²) in [5, 5.41) is 0. The van der Waals surface area contributed by atoms with Gasteiger partial charge in [0.15, 0.2) is 0 Å². The van der Waals surface area contributed by atoms with Gasteiger partial charge in [-0.15, -0.1) is 0 Å². The first-order valence-corrected chi connectivity index (χ1v) is 5.66. The highest BCUT2D eigenvalue weighted by Gasteiger charge is 2.08. The van der Waals surface area contributed by atoms with Crippen LogP contribution < -0.4 is 10.6 Å². The smallest absolute Gasteiger partial charge is 0.135 e. The molecule has 0 amide bonds. The van der Waals surface area contributed by atoms with E-state index in [0.717, 1.165) is 22.6 Å². The maximum atomic E-state index is 5.60. The Labute approximate surface area is 102 Å². The molecule has 0 aliphatic rings. The van der Waals surface area contributed by atoms with Gasteiger partial charge in [-0.3, -0.25) is 0 Å². The van der Waals surface area contributed by atoms with Crippen LogP contribution in [0.2, 0.25) is 0 Å². The second kappa shape index (κ2) is 4.97. The minimum atomic E-state index is 0.531. The number of rotatable bonds is 3. The quantitative estimate of drug-likeness (QED) is 0.876. The van der Waals surface area contributed by atoms with Gasteiger partial charge in [-0.2, -0.15) is 0 Å². The van der Waals surface area contributed by atoms with Gasteiger partial charge >= 0.3 is 0 Å². The minimum Gasteiger partial charge on any atom is -0.329 e. The van der Waals surface area contributed by atoms with Crippen molar-refractivity contribution in [3.8, 4) is 0 Å². The standard InChI is InChI=1S/C14H17N3/c1-11-8-12(9-15)10-16-14(11)17(2)13-6-4-3-5-7-13/h3-8,10H,9,15H2,1-2H3. The molecule has 0 aliphatic heterocycles. The van der Waals surface area contributed by atoms with Gasteiger partial charge in [0.25, 0.3) is 0 Å². The van der Waals surface area contributed by atoms with E-state index in [4.69, 9.17) is 5.73 Å². The first-order valence-electron chi connectivity index (χ1n) is 5.66. The van der Waals surface area contributed by atoms with Gasteiger partial charge in [0.2, 0.25) is 0 Å². The molecule has 2 aromatic rings. The number of anilines is 2. The van der Waals surface area contributed by atoms with Crippen LogP contribution in [-0.4, -0.2) is 12.0 Å². The fraction of sp³-hybridized carbons (Fsp3) is 0.214. The number of aryl methyl sites for hydroxylation is 1. The Balaban J connectivity index is 2.34. The van der Waals surface area contributed by atoms with Gasteiger partial charge in [0.05, 0.1) is 0 Å². The first-order chi connectivity index (χ1) is 8.22. The van der Waals surface area contributed by atoms with Crippen LogP contribution in [0.5, 0.6) is 0 Å². The van der Waals surface area contributed by atoms with Crippen molar-refractivity contribution < 1.29 is 0 Å². The van der Waals surface area contributed by atoms with Crippen molar-refractivity contribution in [2.75, 3.05) is 11.9 Å². The summed E-state index contributed by atoms with van der Waals surface area (Å²) in [7, 11) is 2.02. The van der Waals surface area contributed by atoms with Crippen LogP contribution >= 0.6 is 0 Å². The van der Waals surface area contributed by atoms with Gasteiger partial charge in [0.1, 0.15) is 5.82 Å². The van der Waals surface area contributed by atoms with Crippen molar-refractivity contribution in [2.24, 2.45) is 5.73 Å². The van der Waals surface area contributed by atoms with E-state index in [1.165, 1.54) is 0 Å².